The number of hydrogen-bond acceptors (Lipinski definition) is 4. The molecule has 0 unspecified atom stereocenters. The molecule has 0 fully saturated rings. The van der Waals surface area contributed by atoms with E-state index in [-0.39, 0.29) is 12.5 Å². The van der Waals surface area contributed by atoms with Gasteiger partial charge in [0.1, 0.15) is 10.8 Å². The molecule has 0 saturated heterocycles. The fourth-order valence-electron chi connectivity index (χ4n) is 2.55. The normalized spacial score (nSPS) is 10.8. The van der Waals surface area contributed by atoms with Gasteiger partial charge in [0.25, 0.3) is 5.91 Å². The highest BCUT2D eigenvalue weighted by Gasteiger charge is 2.13. The zero-order valence-electron chi connectivity index (χ0n) is 14.1. The number of nitrogens with zero attached hydrogens (tertiary/aromatic N) is 2. The van der Waals surface area contributed by atoms with E-state index in [1.165, 1.54) is 0 Å². The van der Waals surface area contributed by atoms with Gasteiger partial charge in [-0.15, -0.1) is 11.3 Å². The summed E-state index contributed by atoms with van der Waals surface area (Å²) in [5, 5.41) is 0.929. The van der Waals surface area contributed by atoms with Gasteiger partial charge in [-0.05, 0) is 49.2 Å². The Kier molecular flexibility index (Phi) is 4.81. The first-order valence-electron chi connectivity index (χ1n) is 7.81. The van der Waals surface area contributed by atoms with E-state index in [2.05, 4.69) is 11.1 Å². The molecular weight excluding hydrogens is 320 g/mol. The van der Waals surface area contributed by atoms with Crippen LogP contribution in [0, 0.1) is 13.8 Å². The van der Waals surface area contributed by atoms with Gasteiger partial charge in [0.2, 0.25) is 0 Å². The molecule has 1 amide bonds. The van der Waals surface area contributed by atoms with Crippen LogP contribution in [-0.2, 0) is 11.3 Å². The fourth-order valence-corrected chi connectivity index (χ4v) is 3.57. The van der Waals surface area contributed by atoms with Crippen LogP contribution < -0.4 is 4.74 Å². The van der Waals surface area contributed by atoms with Crippen LogP contribution in [0.25, 0.3) is 10.2 Å². The lowest BCUT2D eigenvalue weighted by Gasteiger charge is -2.16. The minimum absolute atomic E-state index is 0.0320. The molecule has 0 spiro atoms. The van der Waals surface area contributed by atoms with Crippen LogP contribution in [0.5, 0.6) is 5.75 Å². The monoisotopic (exact) mass is 340 g/mol. The second-order valence-corrected chi connectivity index (χ2v) is 7.05. The fraction of sp³-hybridized carbons (Fsp3) is 0.263. The topological polar surface area (TPSA) is 42.4 Å². The van der Waals surface area contributed by atoms with Crippen LogP contribution in [0.3, 0.4) is 0 Å². The molecule has 3 rings (SSSR count). The summed E-state index contributed by atoms with van der Waals surface area (Å²) in [6.45, 7) is 4.56. The van der Waals surface area contributed by atoms with Gasteiger partial charge < -0.3 is 9.64 Å². The molecule has 0 bridgehead atoms. The van der Waals surface area contributed by atoms with Gasteiger partial charge in [-0.2, -0.15) is 0 Å². The van der Waals surface area contributed by atoms with Gasteiger partial charge in [-0.1, -0.05) is 18.2 Å². The van der Waals surface area contributed by atoms with Crippen LogP contribution in [0.1, 0.15) is 16.1 Å². The highest BCUT2D eigenvalue weighted by Crippen LogP contribution is 2.22. The number of carbonyl (C=O) groups is 1. The molecule has 1 heterocycles. The second kappa shape index (κ2) is 7.01. The predicted octanol–water partition coefficient (Wildman–Crippen LogP) is 3.95. The van der Waals surface area contributed by atoms with Gasteiger partial charge in [0.05, 0.1) is 16.8 Å². The lowest BCUT2D eigenvalue weighted by molar-refractivity contribution is -0.132. The summed E-state index contributed by atoms with van der Waals surface area (Å²) >= 11 is 1.62. The molecule has 0 aliphatic heterocycles. The number of hydrogen-bond donors (Lipinski definition) is 0. The lowest BCUT2D eigenvalue weighted by Crippen LogP contribution is -2.30. The summed E-state index contributed by atoms with van der Waals surface area (Å²) < 4.78 is 6.78. The molecule has 0 aliphatic carbocycles. The van der Waals surface area contributed by atoms with Gasteiger partial charge in [0.15, 0.2) is 6.61 Å². The molecule has 4 nitrogen and oxygen atoms in total. The Morgan fingerprint density at radius 3 is 2.58 bits per heavy atom. The third-order valence-electron chi connectivity index (χ3n) is 3.69. The number of carbonyl (C=O) groups excluding carboxylic acids is 1. The summed E-state index contributed by atoms with van der Waals surface area (Å²) in [7, 11) is 1.78. The van der Waals surface area contributed by atoms with Crippen molar-refractivity contribution in [2.24, 2.45) is 0 Å². The van der Waals surface area contributed by atoms with E-state index in [0.29, 0.717) is 6.54 Å². The van der Waals surface area contributed by atoms with Crippen LogP contribution in [0.2, 0.25) is 0 Å². The maximum absolute atomic E-state index is 12.3. The molecule has 0 radical (unpaired) electrons. The Morgan fingerprint density at radius 1 is 1.17 bits per heavy atom. The summed E-state index contributed by atoms with van der Waals surface area (Å²) in [5.74, 6) is 0.669. The van der Waals surface area contributed by atoms with Gasteiger partial charge >= 0.3 is 0 Å². The second-order valence-electron chi connectivity index (χ2n) is 5.94. The van der Waals surface area contributed by atoms with Crippen LogP contribution >= 0.6 is 11.3 Å². The Morgan fingerprint density at radius 2 is 1.88 bits per heavy atom. The molecule has 3 aromatic rings. The van der Waals surface area contributed by atoms with E-state index in [4.69, 9.17) is 4.74 Å². The molecule has 0 aliphatic rings. The number of benzene rings is 2. The van der Waals surface area contributed by atoms with E-state index >= 15 is 0 Å². The lowest BCUT2D eigenvalue weighted by atomic mass is 10.1. The first-order valence-corrected chi connectivity index (χ1v) is 8.62. The van der Waals surface area contributed by atoms with Crippen molar-refractivity contribution >= 4 is 27.5 Å². The number of thiazole rings is 1. The third kappa shape index (κ3) is 3.92. The number of para-hydroxylation sites is 1. The van der Waals surface area contributed by atoms with E-state index in [1.807, 2.05) is 50.2 Å². The van der Waals surface area contributed by atoms with Crippen molar-refractivity contribution in [2.45, 2.75) is 20.4 Å². The average Bonchev–Trinajstić information content (AvgIpc) is 2.93. The number of aryl methyl sites for hydroxylation is 2. The zero-order chi connectivity index (χ0) is 17.1. The number of fused-ring (bicyclic) bond motifs is 1. The standard InChI is InChI=1S/C19H20N2O2S/c1-13-8-14(2)10-15(9-13)23-12-19(22)21(3)11-18-20-16-6-4-5-7-17(16)24-18/h4-10H,11-12H2,1-3H3. The molecule has 0 saturated carbocycles. The Labute approximate surface area is 145 Å². The van der Waals surface area contributed by atoms with E-state index in [1.54, 1.807) is 23.3 Å². The SMILES string of the molecule is Cc1cc(C)cc(OCC(=O)N(C)Cc2nc3ccccc3s2)c1. The summed E-state index contributed by atoms with van der Waals surface area (Å²) in [6.07, 6.45) is 0. The average molecular weight is 340 g/mol. The van der Waals surface area contributed by atoms with Crippen LogP contribution in [0.4, 0.5) is 0 Å². The van der Waals surface area contributed by atoms with Crippen molar-refractivity contribution in [3.05, 3.63) is 58.6 Å². The van der Waals surface area contributed by atoms with E-state index in [0.717, 1.165) is 32.1 Å². The molecule has 0 atom stereocenters. The largest absolute Gasteiger partial charge is 0.484 e. The maximum atomic E-state index is 12.3. The highest BCUT2D eigenvalue weighted by molar-refractivity contribution is 7.18. The van der Waals surface area contributed by atoms with Crippen LogP contribution in [0.15, 0.2) is 42.5 Å². The highest BCUT2D eigenvalue weighted by atomic mass is 32.1. The minimum Gasteiger partial charge on any atom is -0.484 e. The van der Waals surface area contributed by atoms with E-state index in [9.17, 15) is 4.79 Å². The number of aromatic nitrogens is 1. The Hall–Kier alpha value is -2.40. The molecule has 1 aromatic heterocycles. The van der Waals surface area contributed by atoms with E-state index < -0.39 is 0 Å². The Bertz CT molecular complexity index is 819. The number of amides is 1. The van der Waals surface area contributed by atoms with Crippen molar-refractivity contribution in [3.63, 3.8) is 0 Å². The van der Waals surface area contributed by atoms with Crippen molar-refractivity contribution in [1.29, 1.82) is 0 Å². The summed E-state index contributed by atoms with van der Waals surface area (Å²) in [6, 6.07) is 14.0. The quantitative estimate of drug-likeness (QED) is 0.706. The van der Waals surface area contributed by atoms with Gasteiger partial charge in [-0.25, -0.2) is 4.98 Å². The molecule has 124 valence electrons. The van der Waals surface area contributed by atoms with Crippen molar-refractivity contribution in [1.82, 2.24) is 9.88 Å². The molecule has 24 heavy (non-hydrogen) atoms. The molecule has 0 N–H and O–H groups in total. The van der Waals surface area contributed by atoms with Crippen molar-refractivity contribution < 1.29 is 9.53 Å². The van der Waals surface area contributed by atoms with Crippen molar-refractivity contribution in [3.8, 4) is 5.75 Å². The molecular formula is C19H20N2O2S. The van der Waals surface area contributed by atoms with Crippen LogP contribution in [-0.4, -0.2) is 29.4 Å². The van der Waals surface area contributed by atoms with Gasteiger partial charge in [0, 0.05) is 7.05 Å². The smallest absolute Gasteiger partial charge is 0.260 e. The first-order chi connectivity index (χ1) is 11.5. The Balaban J connectivity index is 1.60. The summed E-state index contributed by atoms with van der Waals surface area (Å²) in [5.41, 5.74) is 3.23. The number of ether oxygens (including phenoxy) is 1. The first kappa shape index (κ1) is 16.5. The third-order valence-corrected chi connectivity index (χ3v) is 4.72. The van der Waals surface area contributed by atoms with Gasteiger partial charge in [-0.3, -0.25) is 4.79 Å². The van der Waals surface area contributed by atoms with Crippen molar-refractivity contribution in [2.75, 3.05) is 13.7 Å². The maximum Gasteiger partial charge on any atom is 0.260 e. The predicted molar refractivity (Wildman–Crippen MR) is 97.5 cm³/mol. The number of rotatable bonds is 5. The molecule has 5 heteroatoms. The summed E-state index contributed by atoms with van der Waals surface area (Å²) in [4.78, 5) is 18.5. The zero-order valence-corrected chi connectivity index (χ0v) is 14.9. The minimum atomic E-state index is -0.0617. The molecule has 2 aromatic carbocycles. The number of likely N-dealkylation sites (N-methyl/N-ethyl adjacent to an activating group) is 1.